The van der Waals surface area contributed by atoms with E-state index in [0.717, 1.165) is 50.2 Å². The molecule has 0 aliphatic rings. The Kier molecular flexibility index (Phi) is 4.51. The van der Waals surface area contributed by atoms with E-state index in [2.05, 4.69) is 30.4 Å². The number of aryl methyl sites for hydroxylation is 3. The first-order chi connectivity index (χ1) is 14.9. The van der Waals surface area contributed by atoms with Gasteiger partial charge in [0, 0.05) is 22.7 Å². The molecule has 8 nitrogen and oxygen atoms in total. The molecule has 0 saturated heterocycles. The van der Waals surface area contributed by atoms with Crippen LogP contribution in [0, 0.1) is 20.8 Å². The Morgan fingerprint density at radius 1 is 1.10 bits per heavy atom. The molecule has 4 heterocycles. The van der Waals surface area contributed by atoms with Crippen LogP contribution < -0.4 is 10.1 Å². The molecule has 0 bridgehead atoms. The number of nitrogens with one attached hydrogen (secondary N) is 2. The van der Waals surface area contributed by atoms with Crippen LogP contribution in [-0.4, -0.2) is 32.2 Å². The quantitative estimate of drug-likeness (QED) is 0.385. The molecule has 5 rings (SSSR count). The Labute approximate surface area is 182 Å². The lowest BCUT2D eigenvalue weighted by Crippen LogP contribution is -1.98. The summed E-state index contributed by atoms with van der Waals surface area (Å²) >= 11 is 6.10. The molecule has 0 aliphatic heterocycles. The van der Waals surface area contributed by atoms with Gasteiger partial charge in [0.05, 0.1) is 40.7 Å². The second-order valence-electron chi connectivity index (χ2n) is 7.28. The number of fused-ring (bicyclic) bond motifs is 3. The summed E-state index contributed by atoms with van der Waals surface area (Å²) in [5.74, 6) is 2.73. The van der Waals surface area contributed by atoms with E-state index in [9.17, 15) is 0 Å². The number of methoxy groups -OCH3 is 1. The number of benzene rings is 1. The highest BCUT2D eigenvalue weighted by atomic mass is 35.5. The van der Waals surface area contributed by atoms with Gasteiger partial charge in [-0.2, -0.15) is 0 Å². The minimum atomic E-state index is 0.539. The zero-order valence-electron chi connectivity index (χ0n) is 17.4. The summed E-state index contributed by atoms with van der Waals surface area (Å²) in [6, 6.07) is 5.81. The van der Waals surface area contributed by atoms with Crippen LogP contribution in [0.25, 0.3) is 33.1 Å². The van der Waals surface area contributed by atoms with Crippen LogP contribution in [0.15, 0.2) is 35.1 Å². The number of hydrogen-bond donors (Lipinski definition) is 2. The molecule has 0 radical (unpaired) electrons. The number of anilines is 2. The van der Waals surface area contributed by atoms with Gasteiger partial charge in [-0.15, -0.1) is 0 Å². The van der Waals surface area contributed by atoms with Crippen molar-refractivity contribution in [3.63, 3.8) is 0 Å². The first-order valence-corrected chi connectivity index (χ1v) is 10.0. The first kappa shape index (κ1) is 19.3. The molecule has 0 amide bonds. The van der Waals surface area contributed by atoms with E-state index in [0.29, 0.717) is 22.4 Å². The third-order valence-electron chi connectivity index (χ3n) is 5.15. The van der Waals surface area contributed by atoms with Gasteiger partial charge in [-0.1, -0.05) is 16.8 Å². The van der Waals surface area contributed by atoms with Crippen molar-refractivity contribution in [2.24, 2.45) is 0 Å². The predicted molar refractivity (Wildman–Crippen MR) is 120 cm³/mol. The third-order valence-corrected chi connectivity index (χ3v) is 5.36. The molecule has 31 heavy (non-hydrogen) atoms. The fraction of sp³-hybridized carbons (Fsp3) is 0.182. The van der Waals surface area contributed by atoms with Crippen LogP contribution >= 0.6 is 11.6 Å². The molecule has 5 aromatic rings. The molecule has 4 aromatic heterocycles. The van der Waals surface area contributed by atoms with Crippen molar-refractivity contribution < 1.29 is 9.26 Å². The zero-order valence-corrected chi connectivity index (χ0v) is 18.1. The maximum absolute atomic E-state index is 6.10. The highest BCUT2D eigenvalue weighted by Gasteiger charge is 2.20. The van der Waals surface area contributed by atoms with E-state index in [1.165, 1.54) is 0 Å². The average Bonchev–Trinajstić information content (AvgIpc) is 3.25. The standard InChI is InChI=1S/C22H19ClN6O2/c1-10-19(11(2)31-29-10)16-6-17-15(7-18(16)30-4)20-21(25-12(3)26-22(20)28-17)27-14-5-13(23)8-24-9-14/h5-9H,1-4H3,(H2,25,26,27,28). The van der Waals surface area contributed by atoms with Gasteiger partial charge in [0.15, 0.2) is 0 Å². The minimum Gasteiger partial charge on any atom is -0.496 e. The third kappa shape index (κ3) is 3.25. The van der Waals surface area contributed by atoms with Crippen molar-refractivity contribution >= 4 is 45.0 Å². The maximum Gasteiger partial charge on any atom is 0.144 e. The SMILES string of the molecule is COc1cc2c(cc1-c1c(C)noc1C)[nH]c1nc(C)nc(Nc3cncc(Cl)c3)c12. The van der Waals surface area contributed by atoms with Gasteiger partial charge in [-0.3, -0.25) is 4.98 Å². The number of H-pyrrole nitrogens is 1. The highest BCUT2D eigenvalue weighted by molar-refractivity contribution is 6.30. The summed E-state index contributed by atoms with van der Waals surface area (Å²) in [5, 5.41) is 9.72. The largest absolute Gasteiger partial charge is 0.496 e. The maximum atomic E-state index is 6.10. The van der Waals surface area contributed by atoms with Crippen molar-refractivity contribution in [1.82, 2.24) is 25.1 Å². The second-order valence-corrected chi connectivity index (χ2v) is 7.72. The van der Waals surface area contributed by atoms with Crippen molar-refractivity contribution in [1.29, 1.82) is 0 Å². The molecule has 0 aliphatic carbocycles. The lowest BCUT2D eigenvalue weighted by molar-refractivity contribution is 0.393. The normalized spacial score (nSPS) is 11.4. The van der Waals surface area contributed by atoms with E-state index in [4.69, 9.17) is 20.9 Å². The van der Waals surface area contributed by atoms with E-state index in [1.54, 1.807) is 25.6 Å². The van der Waals surface area contributed by atoms with Crippen LogP contribution in [-0.2, 0) is 0 Å². The Morgan fingerprint density at radius 3 is 2.65 bits per heavy atom. The number of nitrogens with zero attached hydrogens (tertiary/aromatic N) is 4. The fourth-order valence-corrected chi connectivity index (χ4v) is 4.05. The lowest BCUT2D eigenvalue weighted by Gasteiger charge is -2.10. The molecule has 156 valence electrons. The number of ether oxygens (including phenoxy) is 1. The Hall–Kier alpha value is -3.65. The summed E-state index contributed by atoms with van der Waals surface area (Å²) in [6.45, 7) is 5.65. The van der Waals surface area contributed by atoms with Gasteiger partial charge >= 0.3 is 0 Å². The van der Waals surface area contributed by atoms with E-state index in [-0.39, 0.29) is 0 Å². The molecule has 0 atom stereocenters. The smallest absolute Gasteiger partial charge is 0.144 e. The number of aromatic nitrogens is 5. The first-order valence-electron chi connectivity index (χ1n) is 9.63. The molecule has 0 fully saturated rings. The average molecular weight is 435 g/mol. The highest BCUT2D eigenvalue weighted by Crippen LogP contribution is 2.40. The molecular weight excluding hydrogens is 416 g/mol. The summed E-state index contributed by atoms with van der Waals surface area (Å²) in [4.78, 5) is 16.8. The van der Waals surface area contributed by atoms with Gasteiger partial charge in [0.2, 0.25) is 0 Å². The molecule has 2 N–H and O–H groups in total. The van der Waals surface area contributed by atoms with E-state index < -0.39 is 0 Å². The van der Waals surface area contributed by atoms with Gasteiger partial charge in [-0.05, 0) is 39.0 Å². The topological polar surface area (TPSA) is 102 Å². The Morgan fingerprint density at radius 2 is 1.94 bits per heavy atom. The minimum absolute atomic E-state index is 0.539. The van der Waals surface area contributed by atoms with Crippen LogP contribution in [0.5, 0.6) is 5.75 Å². The van der Waals surface area contributed by atoms with Crippen LogP contribution in [0.4, 0.5) is 11.5 Å². The van der Waals surface area contributed by atoms with Gasteiger partial charge in [0.1, 0.15) is 28.8 Å². The van der Waals surface area contributed by atoms with Crippen molar-refractivity contribution in [3.05, 3.63) is 52.9 Å². The summed E-state index contributed by atoms with van der Waals surface area (Å²) < 4.78 is 11.1. The molecule has 1 aromatic carbocycles. The molecule has 0 spiro atoms. The number of halogens is 1. The molecule has 0 unspecified atom stereocenters. The van der Waals surface area contributed by atoms with Crippen LogP contribution in [0.2, 0.25) is 5.02 Å². The second kappa shape index (κ2) is 7.24. The predicted octanol–water partition coefficient (Wildman–Crippen LogP) is 5.49. The molecule has 9 heteroatoms. The van der Waals surface area contributed by atoms with Crippen molar-refractivity contribution in [2.75, 3.05) is 12.4 Å². The number of pyridine rings is 1. The summed E-state index contributed by atoms with van der Waals surface area (Å²) in [5.41, 5.74) is 4.98. The summed E-state index contributed by atoms with van der Waals surface area (Å²) in [6.07, 6.45) is 3.28. The van der Waals surface area contributed by atoms with Gasteiger partial charge in [-0.25, -0.2) is 9.97 Å². The van der Waals surface area contributed by atoms with Crippen LogP contribution in [0.3, 0.4) is 0 Å². The molecular formula is C22H19ClN6O2. The summed E-state index contributed by atoms with van der Waals surface area (Å²) in [7, 11) is 1.65. The number of aromatic amines is 1. The van der Waals surface area contributed by atoms with Crippen molar-refractivity contribution in [3.8, 4) is 16.9 Å². The van der Waals surface area contributed by atoms with E-state index >= 15 is 0 Å². The van der Waals surface area contributed by atoms with Gasteiger partial charge in [0.25, 0.3) is 0 Å². The Bertz CT molecular complexity index is 1440. The van der Waals surface area contributed by atoms with Crippen molar-refractivity contribution in [2.45, 2.75) is 20.8 Å². The zero-order chi connectivity index (χ0) is 21.7. The number of rotatable bonds is 4. The lowest BCUT2D eigenvalue weighted by atomic mass is 10.0. The van der Waals surface area contributed by atoms with E-state index in [1.807, 2.05) is 32.9 Å². The monoisotopic (exact) mass is 434 g/mol. The Balaban J connectivity index is 1.76. The molecule has 0 saturated carbocycles. The fourth-order valence-electron chi connectivity index (χ4n) is 3.87. The number of hydrogen-bond acceptors (Lipinski definition) is 7. The van der Waals surface area contributed by atoms with Gasteiger partial charge < -0.3 is 19.6 Å². The van der Waals surface area contributed by atoms with Crippen LogP contribution in [0.1, 0.15) is 17.3 Å².